The highest BCUT2D eigenvalue weighted by Gasteiger charge is 2.58. The number of hydrogen-bond acceptors (Lipinski definition) is 1. The van der Waals surface area contributed by atoms with Crippen molar-refractivity contribution in [2.45, 2.75) is 78.9 Å². The van der Waals surface area contributed by atoms with Crippen LogP contribution in [0.4, 0.5) is 0 Å². The fourth-order valence-corrected chi connectivity index (χ4v) is 4.65. The van der Waals surface area contributed by atoms with Crippen molar-refractivity contribution in [1.82, 2.24) is 0 Å². The summed E-state index contributed by atoms with van der Waals surface area (Å²) in [5.41, 5.74) is 1.68. The molecule has 0 aromatic heterocycles. The van der Waals surface area contributed by atoms with Crippen LogP contribution in [0.1, 0.15) is 60.8 Å². The highest BCUT2D eigenvalue weighted by molar-refractivity contribution is 7.06. The standard InChI is InChI=1S/C17H32OSi/c1-13(2)10-9-11-17(6)12-14(17)15(18)19(7,8)16(3,4)5/h10,14H,9,11-12H2,1-8H3. The van der Waals surface area contributed by atoms with E-state index in [9.17, 15) is 4.79 Å². The molecule has 1 saturated carbocycles. The minimum Gasteiger partial charge on any atom is -0.305 e. The highest BCUT2D eigenvalue weighted by Crippen LogP contribution is 2.58. The van der Waals surface area contributed by atoms with E-state index in [0.717, 1.165) is 12.8 Å². The predicted molar refractivity (Wildman–Crippen MR) is 87.1 cm³/mol. The van der Waals surface area contributed by atoms with Crippen LogP contribution in [0.2, 0.25) is 18.1 Å². The second-order valence-corrected chi connectivity index (χ2v) is 13.7. The summed E-state index contributed by atoms with van der Waals surface area (Å²) in [6.07, 6.45) is 5.72. The summed E-state index contributed by atoms with van der Waals surface area (Å²) in [5.74, 6) is 0.346. The van der Waals surface area contributed by atoms with Crippen molar-refractivity contribution in [3.8, 4) is 0 Å². The number of carbonyl (C=O) groups is 1. The van der Waals surface area contributed by atoms with Crippen molar-refractivity contribution >= 4 is 13.5 Å². The maximum absolute atomic E-state index is 12.8. The van der Waals surface area contributed by atoms with E-state index in [4.69, 9.17) is 0 Å². The molecule has 2 heteroatoms. The summed E-state index contributed by atoms with van der Waals surface area (Å²) < 4.78 is 0. The van der Waals surface area contributed by atoms with E-state index >= 15 is 0 Å². The molecule has 0 saturated heterocycles. The Kier molecular flexibility index (Phi) is 4.56. The van der Waals surface area contributed by atoms with Crippen molar-refractivity contribution < 1.29 is 4.79 Å². The van der Waals surface area contributed by atoms with Gasteiger partial charge in [-0.25, -0.2) is 0 Å². The van der Waals surface area contributed by atoms with Gasteiger partial charge in [-0.2, -0.15) is 0 Å². The maximum Gasteiger partial charge on any atom is 0.132 e. The molecule has 0 radical (unpaired) electrons. The van der Waals surface area contributed by atoms with Gasteiger partial charge in [0.1, 0.15) is 13.5 Å². The van der Waals surface area contributed by atoms with E-state index in [1.54, 1.807) is 0 Å². The zero-order valence-electron chi connectivity index (χ0n) is 14.2. The van der Waals surface area contributed by atoms with Crippen LogP contribution in [0.25, 0.3) is 0 Å². The SMILES string of the molecule is CC(C)=CCCC1(C)CC1C(=O)[Si](C)(C)C(C)(C)C. The molecule has 0 bridgehead atoms. The summed E-state index contributed by atoms with van der Waals surface area (Å²) in [4.78, 5) is 12.8. The summed E-state index contributed by atoms with van der Waals surface area (Å²) in [7, 11) is -1.81. The van der Waals surface area contributed by atoms with Crippen LogP contribution in [0.3, 0.4) is 0 Å². The van der Waals surface area contributed by atoms with Crippen LogP contribution < -0.4 is 0 Å². The Morgan fingerprint density at radius 3 is 2.26 bits per heavy atom. The van der Waals surface area contributed by atoms with Gasteiger partial charge in [0, 0.05) is 5.92 Å². The smallest absolute Gasteiger partial charge is 0.132 e. The number of hydrogen-bond donors (Lipinski definition) is 0. The van der Waals surface area contributed by atoms with Gasteiger partial charge in [-0.05, 0) is 43.6 Å². The Labute approximate surface area is 120 Å². The molecule has 0 aromatic carbocycles. The molecule has 0 aliphatic heterocycles. The summed E-state index contributed by atoms with van der Waals surface area (Å²) in [6, 6.07) is 0. The molecule has 0 spiro atoms. The molecule has 1 aliphatic carbocycles. The minimum atomic E-state index is -1.81. The quantitative estimate of drug-likeness (QED) is 0.488. The minimum absolute atomic E-state index is 0.174. The monoisotopic (exact) mass is 280 g/mol. The van der Waals surface area contributed by atoms with Crippen LogP contribution in [-0.2, 0) is 4.79 Å². The Morgan fingerprint density at radius 2 is 1.84 bits per heavy atom. The molecule has 2 unspecified atom stereocenters. The molecule has 0 N–H and O–H groups in total. The first kappa shape index (κ1) is 16.7. The number of carbonyl (C=O) groups excluding carboxylic acids is 1. The lowest BCUT2D eigenvalue weighted by molar-refractivity contribution is -0.114. The molecule has 0 aromatic rings. The molecular weight excluding hydrogens is 248 g/mol. The molecule has 0 amide bonds. The Hall–Kier alpha value is -0.373. The number of rotatable bonds is 5. The molecule has 1 rings (SSSR count). The highest BCUT2D eigenvalue weighted by atomic mass is 28.3. The summed E-state index contributed by atoms with van der Waals surface area (Å²) in [6.45, 7) is 17.8. The van der Waals surface area contributed by atoms with Gasteiger partial charge in [-0.15, -0.1) is 0 Å². The average molecular weight is 281 g/mol. The third-order valence-corrected chi connectivity index (χ3v) is 10.8. The first-order valence-electron chi connectivity index (χ1n) is 7.59. The lowest BCUT2D eigenvalue weighted by Gasteiger charge is -2.35. The van der Waals surface area contributed by atoms with Gasteiger partial charge in [0.15, 0.2) is 0 Å². The van der Waals surface area contributed by atoms with E-state index < -0.39 is 8.07 Å². The molecular formula is C17H32OSi. The Bertz CT molecular complexity index is 383. The largest absolute Gasteiger partial charge is 0.305 e. The van der Waals surface area contributed by atoms with Crippen molar-refractivity contribution in [1.29, 1.82) is 0 Å². The second-order valence-electron chi connectivity index (χ2n) is 8.47. The Morgan fingerprint density at radius 1 is 1.32 bits per heavy atom. The van der Waals surface area contributed by atoms with Crippen LogP contribution in [-0.4, -0.2) is 13.5 Å². The first-order valence-corrected chi connectivity index (χ1v) is 10.6. The van der Waals surface area contributed by atoms with Crippen LogP contribution in [0.15, 0.2) is 11.6 Å². The lowest BCUT2D eigenvalue weighted by Crippen LogP contribution is -2.47. The first-order chi connectivity index (χ1) is 8.42. The second kappa shape index (κ2) is 5.20. The Balaban J connectivity index is 2.66. The van der Waals surface area contributed by atoms with Crippen LogP contribution >= 0.6 is 0 Å². The van der Waals surface area contributed by atoms with Gasteiger partial charge in [0.2, 0.25) is 0 Å². The van der Waals surface area contributed by atoms with Gasteiger partial charge in [0.05, 0.1) is 0 Å². The molecule has 1 nitrogen and oxygen atoms in total. The third kappa shape index (κ3) is 3.59. The van der Waals surface area contributed by atoms with Gasteiger partial charge >= 0.3 is 0 Å². The van der Waals surface area contributed by atoms with E-state index in [0.29, 0.717) is 16.7 Å². The summed E-state index contributed by atoms with van der Waals surface area (Å²) >= 11 is 0. The van der Waals surface area contributed by atoms with Crippen molar-refractivity contribution in [2.75, 3.05) is 0 Å². The fourth-order valence-electron chi connectivity index (χ4n) is 2.59. The molecule has 0 heterocycles. The van der Waals surface area contributed by atoms with E-state index in [-0.39, 0.29) is 5.04 Å². The molecule has 1 aliphatic rings. The molecule has 110 valence electrons. The normalized spacial score (nSPS) is 27.1. The van der Waals surface area contributed by atoms with Gasteiger partial charge < -0.3 is 4.79 Å². The van der Waals surface area contributed by atoms with E-state index in [2.05, 4.69) is 60.7 Å². The van der Waals surface area contributed by atoms with E-state index in [1.165, 1.54) is 12.0 Å². The molecule has 2 atom stereocenters. The maximum atomic E-state index is 12.8. The summed E-state index contributed by atoms with van der Waals surface area (Å²) in [5, 5.41) is 0.785. The number of allylic oxidation sites excluding steroid dienone is 2. The van der Waals surface area contributed by atoms with Crippen molar-refractivity contribution in [3.63, 3.8) is 0 Å². The van der Waals surface area contributed by atoms with Crippen molar-refractivity contribution in [3.05, 3.63) is 11.6 Å². The van der Waals surface area contributed by atoms with Crippen LogP contribution in [0, 0.1) is 11.3 Å². The van der Waals surface area contributed by atoms with E-state index in [1.807, 2.05) is 0 Å². The average Bonchev–Trinajstić information content (AvgIpc) is 2.87. The van der Waals surface area contributed by atoms with Crippen molar-refractivity contribution in [2.24, 2.45) is 11.3 Å². The zero-order chi connectivity index (χ0) is 15.1. The van der Waals surface area contributed by atoms with Gasteiger partial charge in [-0.3, -0.25) is 0 Å². The van der Waals surface area contributed by atoms with Crippen LogP contribution in [0.5, 0.6) is 0 Å². The molecule has 19 heavy (non-hydrogen) atoms. The lowest BCUT2D eigenvalue weighted by atomic mass is 9.99. The third-order valence-electron chi connectivity index (χ3n) is 5.43. The van der Waals surface area contributed by atoms with Gasteiger partial charge in [-0.1, -0.05) is 52.4 Å². The fraction of sp³-hybridized carbons (Fsp3) is 0.824. The topological polar surface area (TPSA) is 17.1 Å². The predicted octanol–water partition coefficient (Wildman–Crippen LogP) is 5.38. The zero-order valence-corrected chi connectivity index (χ0v) is 15.2. The molecule has 1 fully saturated rings. The van der Waals surface area contributed by atoms with Gasteiger partial charge in [0.25, 0.3) is 0 Å².